The molecule has 0 amide bonds. The van der Waals surface area contributed by atoms with Crippen molar-refractivity contribution < 1.29 is 4.57 Å². The lowest BCUT2D eigenvalue weighted by Crippen LogP contribution is -1.87. The highest BCUT2D eigenvalue weighted by molar-refractivity contribution is 8.73. The Kier molecular flexibility index (Phi) is 4.66. The Morgan fingerprint density at radius 2 is 2.11 bits per heavy atom. The maximum atomic E-state index is 10.7. The van der Waals surface area contributed by atoms with Crippen molar-refractivity contribution in [3.63, 3.8) is 0 Å². The Morgan fingerprint density at radius 1 is 1.67 bits per heavy atom. The summed E-state index contributed by atoms with van der Waals surface area (Å²) in [5.41, 5.74) is 0. The van der Waals surface area contributed by atoms with Gasteiger partial charge < -0.3 is 0 Å². The lowest BCUT2D eigenvalue weighted by molar-refractivity contribution is 0.600. The van der Waals surface area contributed by atoms with E-state index in [1.165, 1.54) is 0 Å². The molecule has 0 aliphatic rings. The molecule has 0 aromatic heterocycles. The van der Waals surface area contributed by atoms with Crippen molar-refractivity contribution in [2.45, 2.75) is 25.5 Å². The van der Waals surface area contributed by atoms with Crippen LogP contribution in [0.3, 0.4) is 0 Å². The maximum Gasteiger partial charge on any atom is 0.307 e. The summed E-state index contributed by atoms with van der Waals surface area (Å²) in [6.07, 6.45) is 0.939. The lowest BCUT2D eigenvalue weighted by Gasteiger charge is -2.06. The molecule has 5 heteroatoms. The molecule has 0 N–H and O–H groups in total. The molecule has 0 bridgehead atoms. The molecule has 0 saturated carbocycles. The monoisotopic (exact) mass is 206 g/mol. The van der Waals surface area contributed by atoms with Crippen LogP contribution < -0.4 is 0 Å². The van der Waals surface area contributed by atoms with Crippen molar-refractivity contribution in [1.82, 2.24) is 0 Å². The molecule has 9 heavy (non-hydrogen) atoms. The van der Waals surface area contributed by atoms with Gasteiger partial charge in [0.15, 0.2) is 0 Å². The van der Waals surface area contributed by atoms with E-state index in [4.69, 9.17) is 22.5 Å². The van der Waals surface area contributed by atoms with Crippen LogP contribution in [0, 0.1) is 0 Å². The van der Waals surface area contributed by atoms with Gasteiger partial charge in [0.05, 0.1) is 0 Å². The molecule has 0 aromatic rings. The van der Waals surface area contributed by atoms with Gasteiger partial charge in [-0.3, -0.25) is 4.57 Å². The van der Waals surface area contributed by atoms with Crippen LogP contribution in [-0.4, -0.2) is 5.25 Å². The summed E-state index contributed by atoms with van der Waals surface area (Å²) in [4.78, 5) is 0. The average Bonchev–Trinajstić information content (AvgIpc) is 1.62. The molecule has 1 atom stereocenters. The molecule has 0 aliphatic carbocycles. The van der Waals surface area contributed by atoms with Gasteiger partial charge in [0, 0.05) is 5.25 Å². The van der Waals surface area contributed by atoms with E-state index in [9.17, 15) is 4.57 Å². The van der Waals surface area contributed by atoms with Gasteiger partial charge in [-0.05, 0) is 28.9 Å². The van der Waals surface area contributed by atoms with Crippen LogP contribution in [0.1, 0.15) is 20.3 Å². The summed E-state index contributed by atoms with van der Waals surface area (Å²) in [6, 6.07) is 0. The van der Waals surface area contributed by atoms with Crippen molar-refractivity contribution in [2.75, 3.05) is 0 Å². The predicted octanol–water partition coefficient (Wildman–Crippen LogP) is 4.10. The average molecular weight is 207 g/mol. The van der Waals surface area contributed by atoms with E-state index in [1.807, 2.05) is 13.8 Å². The Morgan fingerprint density at radius 3 is 2.22 bits per heavy atom. The van der Waals surface area contributed by atoms with Gasteiger partial charge in [-0.1, -0.05) is 25.2 Å². The van der Waals surface area contributed by atoms with E-state index < -0.39 is 5.05 Å². The van der Waals surface area contributed by atoms with Crippen LogP contribution in [-0.2, 0) is 4.57 Å². The Hall–Kier alpha value is 1.16. The highest BCUT2D eigenvalue weighted by atomic mass is 35.9. The minimum atomic E-state index is -2.88. The number of hydrogen-bond acceptors (Lipinski definition) is 2. The number of halogens is 2. The second kappa shape index (κ2) is 4.12. The van der Waals surface area contributed by atoms with Gasteiger partial charge in [-0.2, -0.15) is 0 Å². The topological polar surface area (TPSA) is 17.1 Å². The third kappa shape index (κ3) is 7.05. The summed E-state index contributed by atoms with van der Waals surface area (Å²) in [6.45, 7) is 3.95. The first-order chi connectivity index (χ1) is 3.95. The molecule has 0 aromatic carbocycles. The first-order valence-corrected chi connectivity index (χ1v) is 7.63. The van der Waals surface area contributed by atoms with Gasteiger partial charge in [-0.25, -0.2) is 0 Å². The van der Waals surface area contributed by atoms with Gasteiger partial charge >= 0.3 is 5.05 Å². The zero-order valence-corrected chi connectivity index (χ0v) is 8.53. The molecule has 0 spiro atoms. The maximum absolute atomic E-state index is 10.7. The van der Waals surface area contributed by atoms with Crippen molar-refractivity contribution in [3.8, 4) is 0 Å². The third-order valence-corrected chi connectivity index (χ3v) is 5.07. The SMILES string of the molecule is CCC(C)SP(=O)(Cl)Cl. The van der Waals surface area contributed by atoms with Gasteiger partial charge in [0.2, 0.25) is 0 Å². The van der Waals surface area contributed by atoms with E-state index >= 15 is 0 Å². The number of rotatable bonds is 3. The summed E-state index contributed by atoms with van der Waals surface area (Å²) in [7, 11) is 0. The third-order valence-electron chi connectivity index (χ3n) is 0.878. The van der Waals surface area contributed by atoms with Crippen molar-refractivity contribution in [1.29, 1.82) is 0 Å². The van der Waals surface area contributed by atoms with Crippen molar-refractivity contribution in [2.24, 2.45) is 0 Å². The van der Waals surface area contributed by atoms with Crippen molar-refractivity contribution in [3.05, 3.63) is 0 Å². The standard InChI is InChI=1S/C4H9Cl2OPS/c1-3-4(2)9-8(5,6)7/h4H,3H2,1-2H3. The second-order valence-electron chi connectivity index (χ2n) is 1.74. The molecule has 0 heterocycles. The summed E-state index contributed by atoms with van der Waals surface area (Å²) < 4.78 is 10.7. The molecule has 0 fully saturated rings. The van der Waals surface area contributed by atoms with E-state index in [1.54, 1.807) is 0 Å². The van der Waals surface area contributed by atoms with E-state index in [0.717, 1.165) is 17.8 Å². The Bertz CT molecular complexity index is 124. The molecule has 0 radical (unpaired) electrons. The zero-order valence-electron chi connectivity index (χ0n) is 5.30. The molecule has 0 aliphatic heterocycles. The van der Waals surface area contributed by atoms with E-state index in [0.29, 0.717) is 0 Å². The zero-order chi connectivity index (χ0) is 7.49. The van der Waals surface area contributed by atoms with Crippen LogP contribution >= 0.6 is 38.9 Å². The highest BCUT2D eigenvalue weighted by Gasteiger charge is 2.17. The molecule has 56 valence electrons. The minimum Gasteiger partial charge on any atom is -0.277 e. The molecule has 0 rings (SSSR count). The van der Waals surface area contributed by atoms with Crippen molar-refractivity contribution >= 4 is 38.9 Å². The van der Waals surface area contributed by atoms with E-state index in [2.05, 4.69) is 0 Å². The van der Waals surface area contributed by atoms with Gasteiger partial charge in [0.25, 0.3) is 0 Å². The molecular formula is C4H9Cl2OPS. The first kappa shape index (κ1) is 10.2. The number of hydrogen-bond donors (Lipinski definition) is 0. The van der Waals surface area contributed by atoms with E-state index in [-0.39, 0.29) is 5.25 Å². The van der Waals surface area contributed by atoms with Crippen LogP contribution in [0.25, 0.3) is 0 Å². The highest BCUT2D eigenvalue weighted by Crippen LogP contribution is 2.69. The second-order valence-corrected chi connectivity index (χ2v) is 10.3. The lowest BCUT2D eigenvalue weighted by atomic mass is 10.4. The fraction of sp³-hybridized carbons (Fsp3) is 1.00. The van der Waals surface area contributed by atoms with Crippen LogP contribution in [0.5, 0.6) is 0 Å². The fourth-order valence-electron chi connectivity index (χ4n) is 0.284. The van der Waals surface area contributed by atoms with Crippen LogP contribution in [0.15, 0.2) is 0 Å². The largest absolute Gasteiger partial charge is 0.307 e. The van der Waals surface area contributed by atoms with Crippen LogP contribution in [0.2, 0.25) is 0 Å². The molecular weight excluding hydrogens is 198 g/mol. The molecule has 0 saturated heterocycles. The fourth-order valence-corrected chi connectivity index (χ4v) is 5.00. The van der Waals surface area contributed by atoms with Crippen LogP contribution in [0.4, 0.5) is 0 Å². The Balaban J connectivity index is 3.60. The molecule has 1 unspecified atom stereocenters. The first-order valence-electron chi connectivity index (χ1n) is 2.63. The Labute approximate surface area is 69.2 Å². The van der Waals surface area contributed by atoms with Gasteiger partial charge in [-0.15, -0.1) is 0 Å². The smallest absolute Gasteiger partial charge is 0.277 e. The molecule has 1 nitrogen and oxygen atoms in total. The minimum absolute atomic E-state index is 0.283. The summed E-state index contributed by atoms with van der Waals surface area (Å²) >= 11 is 11.7. The van der Waals surface area contributed by atoms with Gasteiger partial charge in [0.1, 0.15) is 0 Å². The summed E-state index contributed by atoms with van der Waals surface area (Å²) in [5.74, 6) is 0. The quantitative estimate of drug-likeness (QED) is 0.648. The predicted molar refractivity (Wildman–Crippen MR) is 46.7 cm³/mol. The summed E-state index contributed by atoms with van der Waals surface area (Å²) in [5, 5.41) is -2.59. The normalized spacial score (nSPS) is 15.6.